The number of rotatable bonds is 11. The van der Waals surface area contributed by atoms with Crippen molar-refractivity contribution in [3.63, 3.8) is 0 Å². The number of halogens is 2. The monoisotopic (exact) mass is 739 g/mol. The third kappa shape index (κ3) is 6.49. The first-order valence-corrected chi connectivity index (χ1v) is 18.9. The first-order valence-electron chi connectivity index (χ1n) is 17.5. The third-order valence-corrected chi connectivity index (χ3v) is 12.5. The molecule has 1 spiro atoms. The molecule has 0 bridgehead atoms. The summed E-state index contributed by atoms with van der Waals surface area (Å²) in [6.07, 6.45) is 3.83. The Bertz CT molecular complexity index is 2150. The van der Waals surface area contributed by atoms with E-state index >= 15 is 0 Å². The number of aryl methyl sites for hydroxylation is 3. The number of carbonyl (C=O) groups is 1. The molecule has 1 saturated heterocycles. The lowest BCUT2D eigenvalue weighted by Crippen LogP contribution is -2.38. The van der Waals surface area contributed by atoms with E-state index in [1.54, 1.807) is 52.1 Å². The zero-order valence-corrected chi connectivity index (χ0v) is 30.7. The average molecular weight is 740 g/mol. The summed E-state index contributed by atoms with van der Waals surface area (Å²) in [6, 6.07) is 4.90. The molecule has 0 unspecified atom stereocenters. The number of fused-ring (bicyclic) bond motifs is 2. The Morgan fingerprint density at radius 3 is 2.52 bits per heavy atom. The second-order valence-corrected chi connectivity index (χ2v) is 16.7. The molecule has 1 aliphatic carbocycles. The summed E-state index contributed by atoms with van der Waals surface area (Å²) in [5.74, 6) is -2.09. The van der Waals surface area contributed by atoms with Gasteiger partial charge >= 0.3 is 5.97 Å². The molecular weight excluding hydrogens is 697 g/mol. The molecule has 16 heteroatoms. The topological polar surface area (TPSA) is 152 Å². The number of hydrogen-bond donors (Lipinski definition) is 1. The fourth-order valence-electron chi connectivity index (χ4n) is 7.28. The minimum Gasteiger partial charge on any atom is -0.481 e. The number of likely N-dealkylation sites (tertiary alicyclic amines) is 1. The summed E-state index contributed by atoms with van der Waals surface area (Å²) >= 11 is 0. The van der Waals surface area contributed by atoms with Crippen LogP contribution in [0.15, 0.2) is 35.5 Å². The van der Waals surface area contributed by atoms with Crippen LogP contribution in [0.3, 0.4) is 0 Å². The third-order valence-electron chi connectivity index (χ3n) is 10.7. The van der Waals surface area contributed by atoms with E-state index in [-0.39, 0.29) is 29.5 Å². The summed E-state index contributed by atoms with van der Waals surface area (Å²) in [4.78, 5) is 24.3. The van der Waals surface area contributed by atoms with Crippen molar-refractivity contribution in [1.82, 2.24) is 33.8 Å². The summed E-state index contributed by atoms with van der Waals surface area (Å²) < 4.78 is 71.1. The standard InChI is InChI=1S/C36H43F2N7O6S/c1-21-16-27-33(40-32(21)50-15-14-43-11-6-7-12-43)51-36(9-10-36)20-44(52(27,48)49)19-24-17-26(39-18-22(24)2)28(35(4,5)34(46)47)25-8-13-45-30(23(25)3)41-42-31(45)29(37)38/h8,13,16-18,28-29H,6-7,9-12,14-15,19-20H2,1-5H3,(H,46,47)/t28-/m0/s1. The molecule has 1 atom stereocenters. The number of sulfonamides is 1. The lowest BCUT2D eigenvalue weighted by molar-refractivity contribution is -0.147. The average Bonchev–Trinajstić information content (AvgIpc) is 3.44. The van der Waals surface area contributed by atoms with E-state index in [0.717, 1.165) is 19.6 Å². The summed E-state index contributed by atoms with van der Waals surface area (Å²) in [6.45, 7) is 11.8. The number of aliphatic carboxylic acids is 1. The Morgan fingerprint density at radius 2 is 1.85 bits per heavy atom. The molecule has 13 nitrogen and oxygen atoms in total. The zero-order chi connectivity index (χ0) is 37.2. The van der Waals surface area contributed by atoms with Gasteiger partial charge in [0.15, 0.2) is 5.65 Å². The van der Waals surface area contributed by atoms with Gasteiger partial charge < -0.3 is 14.6 Å². The molecule has 52 heavy (non-hydrogen) atoms. The number of ether oxygens (including phenoxy) is 2. The Hall–Kier alpha value is -4.28. The molecule has 6 heterocycles. The van der Waals surface area contributed by atoms with Gasteiger partial charge in [0.25, 0.3) is 6.43 Å². The molecule has 1 N–H and O–H groups in total. The van der Waals surface area contributed by atoms with Crippen LogP contribution in [0.25, 0.3) is 5.65 Å². The van der Waals surface area contributed by atoms with Crippen molar-refractivity contribution in [1.29, 1.82) is 0 Å². The van der Waals surface area contributed by atoms with Crippen molar-refractivity contribution in [2.45, 2.75) is 89.7 Å². The first kappa shape index (κ1) is 36.1. The molecular formula is C36H43F2N7O6S. The number of hydrogen-bond acceptors (Lipinski definition) is 10. The van der Waals surface area contributed by atoms with Gasteiger partial charge in [0, 0.05) is 42.7 Å². The molecule has 2 aliphatic heterocycles. The molecule has 2 fully saturated rings. The summed E-state index contributed by atoms with van der Waals surface area (Å²) in [7, 11) is -4.11. The van der Waals surface area contributed by atoms with E-state index in [2.05, 4.69) is 25.1 Å². The highest BCUT2D eigenvalue weighted by Crippen LogP contribution is 2.48. The Kier molecular flexibility index (Phi) is 9.23. The molecule has 0 amide bonds. The van der Waals surface area contributed by atoms with Crippen LogP contribution >= 0.6 is 0 Å². The second-order valence-electron chi connectivity index (χ2n) is 14.8. The van der Waals surface area contributed by atoms with E-state index in [0.29, 0.717) is 58.8 Å². The highest BCUT2D eigenvalue weighted by molar-refractivity contribution is 7.89. The summed E-state index contributed by atoms with van der Waals surface area (Å²) in [5, 5.41) is 18.1. The van der Waals surface area contributed by atoms with Crippen LogP contribution in [0.1, 0.15) is 91.2 Å². The van der Waals surface area contributed by atoms with Crippen molar-refractivity contribution in [2.24, 2.45) is 5.41 Å². The number of alkyl halides is 2. The van der Waals surface area contributed by atoms with Crippen molar-refractivity contribution in [2.75, 3.05) is 32.8 Å². The maximum atomic E-state index is 14.4. The number of aromatic nitrogens is 5. The molecule has 278 valence electrons. The van der Waals surface area contributed by atoms with Gasteiger partial charge in [0.2, 0.25) is 27.6 Å². The summed E-state index contributed by atoms with van der Waals surface area (Å²) in [5.41, 5.74) is 1.34. The van der Waals surface area contributed by atoms with Gasteiger partial charge in [0.1, 0.15) is 17.1 Å². The normalized spacial score (nSPS) is 19.1. The Labute approximate surface area is 301 Å². The first-order chi connectivity index (χ1) is 24.6. The van der Waals surface area contributed by atoms with Gasteiger partial charge in [-0.2, -0.15) is 9.29 Å². The van der Waals surface area contributed by atoms with E-state index in [9.17, 15) is 27.1 Å². The van der Waals surface area contributed by atoms with Crippen LogP contribution in [-0.2, 0) is 21.4 Å². The predicted octanol–water partition coefficient (Wildman–Crippen LogP) is 5.22. The molecule has 4 aromatic rings. The van der Waals surface area contributed by atoms with Gasteiger partial charge in [-0.1, -0.05) is 0 Å². The maximum absolute atomic E-state index is 14.4. The van der Waals surface area contributed by atoms with E-state index in [4.69, 9.17) is 9.47 Å². The fourth-order valence-corrected chi connectivity index (χ4v) is 8.91. The zero-order valence-electron chi connectivity index (χ0n) is 29.9. The van der Waals surface area contributed by atoms with Crippen molar-refractivity contribution >= 4 is 21.6 Å². The fraction of sp³-hybridized carbons (Fsp3) is 0.528. The number of carboxylic acid groups (broad SMARTS) is 1. The van der Waals surface area contributed by atoms with Crippen molar-refractivity contribution in [3.05, 3.63) is 69.9 Å². The minimum absolute atomic E-state index is 0.0263. The predicted molar refractivity (Wildman–Crippen MR) is 185 cm³/mol. The quantitative estimate of drug-likeness (QED) is 0.216. The molecule has 0 radical (unpaired) electrons. The number of nitrogens with zero attached hydrogens (tertiary/aromatic N) is 7. The number of carboxylic acids is 1. The van der Waals surface area contributed by atoms with Crippen molar-refractivity contribution in [3.8, 4) is 11.8 Å². The smallest absolute Gasteiger partial charge is 0.310 e. The lowest BCUT2D eigenvalue weighted by Gasteiger charge is -2.32. The highest BCUT2D eigenvalue weighted by atomic mass is 32.2. The lowest BCUT2D eigenvalue weighted by atomic mass is 9.71. The molecule has 4 aromatic heterocycles. The molecule has 3 aliphatic rings. The Morgan fingerprint density at radius 1 is 1.12 bits per heavy atom. The van der Waals surface area contributed by atoms with Crippen LogP contribution in [-0.4, -0.2) is 91.7 Å². The Balaban J connectivity index is 1.23. The van der Waals surface area contributed by atoms with E-state index in [1.165, 1.54) is 27.7 Å². The van der Waals surface area contributed by atoms with Gasteiger partial charge in [-0.05, 0) is 114 Å². The highest BCUT2D eigenvalue weighted by Gasteiger charge is 2.53. The van der Waals surface area contributed by atoms with Crippen LogP contribution in [0, 0.1) is 26.2 Å². The molecule has 0 aromatic carbocycles. The van der Waals surface area contributed by atoms with E-state index in [1.807, 2.05) is 6.92 Å². The van der Waals surface area contributed by atoms with Gasteiger partial charge in [-0.25, -0.2) is 17.2 Å². The second kappa shape index (κ2) is 13.3. The van der Waals surface area contributed by atoms with Gasteiger partial charge in [-0.15, -0.1) is 10.2 Å². The van der Waals surface area contributed by atoms with Gasteiger partial charge in [-0.3, -0.25) is 19.1 Å². The van der Waals surface area contributed by atoms with E-state index < -0.39 is 45.2 Å². The molecule has 7 rings (SSSR count). The largest absolute Gasteiger partial charge is 0.481 e. The maximum Gasteiger partial charge on any atom is 0.310 e. The van der Waals surface area contributed by atoms with Crippen molar-refractivity contribution < 1.29 is 36.6 Å². The van der Waals surface area contributed by atoms with Crippen LogP contribution in [0.2, 0.25) is 0 Å². The SMILES string of the molecule is Cc1cnc([C@H](c2ccn3c(C(F)F)nnc3c2C)C(C)(C)C(=O)O)cc1CN1CC2(CC2)Oc2nc(OCCN3CCCC3)c(C)cc2S1(=O)=O. The van der Waals surface area contributed by atoms with Crippen LogP contribution < -0.4 is 9.47 Å². The minimum atomic E-state index is -4.11. The van der Waals surface area contributed by atoms with Gasteiger partial charge in [0.05, 0.1) is 12.0 Å². The number of pyridine rings is 3. The van der Waals surface area contributed by atoms with Crippen LogP contribution in [0.4, 0.5) is 8.78 Å². The molecule has 1 saturated carbocycles. The van der Waals surface area contributed by atoms with Crippen LogP contribution in [0.5, 0.6) is 11.8 Å².